The van der Waals surface area contributed by atoms with Gasteiger partial charge in [0.1, 0.15) is 10.7 Å². The maximum atomic E-state index is 12.9. The number of H-pyrrole nitrogens is 1. The first-order chi connectivity index (χ1) is 13.3. The molecular weight excluding hydrogens is 372 g/mol. The largest absolute Gasteiger partial charge is 0.340 e. The molecule has 3 heterocycles. The highest BCUT2D eigenvalue weighted by Gasteiger charge is 2.28. The molecule has 1 amide bonds. The minimum atomic E-state index is 0.00697. The van der Waals surface area contributed by atoms with Crippen LogP contribution in [-0.4, -0.2) is 51.9 Å². The standard InChI is InChI=1S/C21H30N4O2S/c1-12(2)21(27)25-9-7-24(8-10-25)14(4)18-22-19(26)17-15-6-5-13(3)11-16(15)28-20(17)23-18/h12-14H,5-11H2,1-4H3,(H,22,23,26). The van der Waals surface area contributed by atoms with Crippen molar-refractivity contribution in [1.82, 2.24) is 19.8 Å². The van der Waals surface area contributed by atoms with E-state index in [0.29, 0.717) is 5.92 Å². The molecule has 2 unspecified atom stereocenters. The fourth-order valence-electron chi connectivity index (χ4n) is 4.43. The van der Waals surface area contributed by atoms with Crippen molar-refractivity contribution < 1.29 is 4.79 Å². The molecule has 0 saturated carbocycles. The Labute approximate surface area is 169 Å². The van der Waals surface area contributed by atoms with Gasteiger partial charge in [-0.2, -0.15) is 0 Å². The first kappa shape index (κ1) is 19.6. The van der Waals surface area contributed by atoms with Gasteiger partial charge in [-0.25, -0.2) is 4.98 Å². The molecule has 2 aromatic rings. The molecule has 4 rings (SSSR count). The number of aryl methyl sites for hydroxylation is 1. The molecule has 1 aliphatic heterocycles. The molecule has 0 radical (unpaired) electrons. The monoisotopic (exact) mass is 402 g/mol. The minimum Gasteiger partial charge on any atom is -0.340 e. The van der Waals surface area contributed by atoms with Gasteiger partial charge in [-0.1, -0.05) is 20.8 Å². The lowest BCUT2D eigenvalue weighted by molar-refractivity contribution is -0.136. The van der Waals surface area contributed by atoms with Crippen LogP contribution in [0.1, 0.15) is 56.4 Å². The summed E-state index contributed by atoms with van der Waals surface area (Å²) in [6.45, 7) is 11.4. The molecule has 2 aliphatic rings. The molecule has 0 spiro atoms. The second-order valence-corrected chi connectivity index (χ2v) is 9.76. The lowest BCUT2D eigenvalue weighted by Gasteiger charge is -2.38. The van der Waals surface area contributed by atoms with Crippen LogP contribution in [0, 0.1) is 11.8 Å². The summed E-state index contributed by atoms with van der Waals surface area (Å²) in [7, 11) is 0. The Morgan fingerprint density at radius 1 is 1.21 bits per heavy atom. The Hall–Kier alpha value is -1.73. The van der Waals surface area contributed by atoms with Gasteiger partial charge >= 0.3 is 0 Å². The van der Waals surface area contributed by atoms with Crippen LogP contribution in [0.15, 0.2) is 4.79 Å². The third-order valence-corrected chi connectivity index (χ3v) is 7.40. The smallest absolute Gasteiger partial charge is 0.259 e. The fraction of sp³-hybridized carbons (Fsp3) is 0.667. The van der Waals surface area contributed by atoms with E-state index in [-0.39, 0.29) is 23.4 Å². The van der Waals surface area contributed by atoms with Crippen molar-refractivity contribution in [2.45, 2.75) is 53.0 Å². The molecule has 0 bridgehead atoms. The molecule has 1 N–H and O–H groups in total. The van der Waals surface area contributed by atoms with E-state index in [1.807, 2.05) is 18.7 Å². The third kappa shape index (κ3) is 3.50. The van der Waals surface area contributed by atoms with Gasteiger partial charge in [0, 0.05) is 37.0 Å². The average molecular weight is 403 g/mol. The molecule has 0 aromatic carbocycles. The van der Waals surface area contributed by atoms with Crippen molar-refractivity contribution in [3.63, 3.8) is 0 Å². The summed E-state index contributed by atoms with van der Waals surface area (Å²) in [4.78, 5) is 39.5. The van der Waals surface area contributed by atoms with Gasteiger partial charge in [-0.3, -0.25) is 14.5 Å². The van der Waals surface area contributed by atoms with Crippen LogP contribution in [0.2, 0.25) is 0 Å². The fourth-order valence-corrected chi connectivity index (χ4v) is 5.82. The molecule has 152 valence electrons. The molecule has 28 heavy (non-hydrogen) atoms. The second-order valence-electron chi connectivity index (χ2n) is 8.68. The summed E-state index contributed by atoms with van der Waals surface area (Å²) >= 11 is 1.70. The zero-order valence-electron chi connectivity index (χ0n) is 17.2. The number of carbonyl (C=O) groups excluding carboxylic acids is 1. The number of piperazine rings is 1. The van der Waals surface area contributed by atoms with Crippen molar-refractivity contribution in [3.8, 4) is 0 Å². The molecule has 6 nitrogen and oxygen atoms in total. The van der Waals surface area contributed by atoms with Gasteiger partial charge in [0.15, 0.2) is 0 Å². The molecule has 2 atom stereocenters. The topological polar surface area (TPSA) is 69.3 Å². The first-order valence-electron chi connectivity index (χ1n) is 10.4. The quantitative estimate of drug-likeness (QED) is 0.857. The highest BCUT2D eigenvalue weighted by molar-refractivity contribution is 7.18. The van der Waals surface area contributed by atoms with E-state index >= 15 is 0 Å². The first-order valence-corrected chi connectivity index (χ1v) is 11.2. The number of fused-ring (bicyclic) bond motifs is 3. The van der Waals surface area contributed by atoms with Gasteiger partial charge in [0.05, 0.1) is 11.4 Å². The second kappa shape index (κ2) is 7.59. The number of nitrogens with zero attached hydrogens (tertiary/aromatic N) is 3. The van der Waals surface area contributed by atoms with Crippen molar-refractivity contribution in [1.29, 1.82) is 0 Å². The number of aromatic amines is 1. The Bertz CT molecular complexity index is 940. The molecule has 7 heteroatoms. The van der Waals surface area contributed by atoms with Gasteiger partial charge in [-0.15, -0.1) is 11.3 Å². The van der Waals surface area contributed by atoms with Gasteiger partial charge in [0.2, 0.25) is 5.91 Å². The maximum absolute atomic E-state index is 12.9. The van der Waals surface area contributed by atoms with Crippen molar-refractivity contribution >= 4 is 27.5 Å². The summed E-state index contributed by atoms with van der Waals surface area (Å²) < 4.78 is 0. The van der Waals surface area contributed by atoms with Crippen LogP contribution in [0.3, 0.4) is 0 Å². The zero-order valence-corrected chi connectivity index (χ0v) is 18.1. The molecule has 2 aromatic heterocycles. The van der Waals surface area contributed by atoms with Crippen molar-refractivity contribution in [2.24, 2.45) is 11.8 Å². The van der Waals surface area contributed by atoms with E-state index in [4.69, 9.17) is 4.98 Å². The van der Waals surface area contributed by atoms with E-state index < -0.39 is 0 Å². The van der Waals surface area contributed by atoms with Crippen LogP contribution in [0.5, 0.6) is 0 Å². The number of aromatic nitrogens is 2. The van der Waals surface area contributed by atoms with E-state index in [1.54, 1.807) is 11.3 Å². The lowest BCUT2D eigenvalue weighted by Crippen LogP contribution is -2.50. The Morgan fingerprint density at radius 2 is 1.93 bits per heavy atom. The normalized spacial score (nSPS) is 21.9. The summed E-state index contributed by atoms with van der Waals surface area (Å²) in [5, 5.41) is 0.815. The third-order valence-electron chi connectivity index (χ3n) is 6.25. The number of rotatable bonds is 3. The van der Waals surface area contributed by atoms with Crippen LogP contribution < -0.4 is 5.56 Å². The van der Waals surface area contributed by atoms with E-state index in [9.17, 15) is 9.59 Å². The van der Waals surface area contributed by atoms with Crippen LogP contribution in [0.25, 0.3) is 10.2 Å². The van der Waals surface area contributed by atoms with E-state index in [1.165, 1.54) is 10.4 Å². The van der Waals surface area contributed by atoms with Crippen LogP contribution in [-0.2, 0) is 17.6 Å². The number of amides is 1. The summed E-state index contributed by atoms with van der Waals surface area (Å²) in [6.07, 6.45) is 3.20. The summed E-state index contributed by atoms with van der Waals surface area (Å²) in [5.41, 5.74) is 1.24. The lowest BCUT2D eigenvalue weighted by atomic mass is 9.89. The number of thiophene rings is 1. The molecule has 1 fully saturated rings. The van der Waals surface area contributed by atoms with E-state index in [2.05, 4.69) is 23.7 Å². The van der Waals surface area contributed by atoms with Gasteiger partial charge in [0.25, 0.3) is 5.56 Å². The van der Waals surface area contributed by atoms with E-state index in [0.717, 1.165) is 61.5 Å². The Balaban J connectivity index is 1.55. The predicted molar refractivity (Wildman–Crippen MR) is 113 cm³/mol. The minimum absolute atomic E-state index is 0.00697. The van der Waals surface area contributed by atoms with Gasteiger partial charge in [-0.05, 0) is 37.7 Å². The Morgan fingerprint density at radius 3 is 2.61 bits per heavy atom. The number of nitrogens with one attached hydrogen (secondary N) is 1. The SMILES string of the molecule is CC1CCc2c(sc3nc(C(C)N4CCN(C(=O)C(C)C)CC4)[nH]c(=O)c23)C1. The summed E-state index contributed by atoms with van der Waals surface area (Å²) in [6, 6.07) is 0.0338. The van der Waals surface area contributed by atoms with Crippen molar-refractivity contribution in [2.75, 3.05) is 26.2 Å². The average Bonchev–Trinajstić information content (AvgIpc) is 3.04. The van der Waals surface area contributed by atoms with Crippen LogP contribution >= 0.6 is 11.3 Å². The molecule has 1 saturated heterocycles. The Kier molecular flexibility index (Phi) is 5.31. The highest BCUT2D eigenvalue weighted by Crippen LogP contribution is 2.36. The van der Waals surface area contributed by atoms with Gasteiger partial charge < -0.3 is 9.88 Å². The predicted octanol–water partition coefficient (Wildman–Crippen LogP) is 2.97. The number of hydrogen-bond donors (Lipinski definition) is 1. The maximum Gasteiger partial charge on any atom is 0.259 e. The molecular formula is C21H30N4O2S. The van der Waals surface area contributed by atoms with Crippen LogP contribution in [0.4, 0.5) is 0 Å². The van der Waals surface area contributed by atoms with Crippen molar-refractivity contribution in [3.05, 3.63) is 26.6 Å². The zero-order chi connectivity index (χ0) is 20.0. The number of carbonyl (C=O) groups is 1. The summed E-state index contributed by atoms with van der Waals surface area (Å²) in [5.74, 6) is 1.69. The number of hydrogen-bond acceptors (Lipinski definition) is 5. The molecule has 1 aliphatic carbocycles. The highest BCUT2D eigenvalue weighted by atomic mass is 32.1.